The van der Waals surface area contributed by atoms with E-state index in [-0.39, 0.29) is 5.91 Å². The molecule has 2 aliphatic carbocycles. The van der Waals surface area contributed by atoms with Gasteiger partial charge in [-0.25, -0.2) is 0 Å². The second-order valence-corrected chi connectivity index (χ2v) is 5.88. The van der Waals surface area contributed by atoms with Gasteiger partial charge in [0.1, 0.15) is 5.41 Å². The molecule has 0 spiro atoms. The molecule has 0 aromatic carbocycles. The van der Waals surface area contributed by atoms with Crippen molar-refractivity contribution in [1.29, 1.82) is 5.26 Å². The van der Waals surface area contributed by atoms with Crippen molar-refractivity contribution in [3.05, 3.63) is 0 Å². The van der Waals surface area contributed by atoms with Crippen LogP contribution in [0.4, 0.5) is 0 Å². The Balaban J connectivity index is 1.70. The highest BCUT2D eigenvalue weighted by atomic mass is 16.5. The molecule has 0 aromatic heterocycles. The number of ether oxygens (including phenoxy) is 1. The third-order valence-corrected chi connectivity index (χ3v) is 4.19. The van der Waals surface area contributed by atoms with Gasteiger partial charge in [0.2, 0.25) is 5.91 Å². The topological polar surface area (TPSA) is 62.1 Å². The molecule has 106 valence electrons. The lowest BCUT2D eigenvalue weighted by Crippen LogP contribution is -2.41. The molecule has 2 fully saturated rings. The Morgan fingerprint density at radius 3 is 2.53 bits per heavy atom. The van der Waals surface area contributed by atoms with E-state index in [0.717, 1.165) is 38.2 Å². The predicted molar refractivity (Wildman–Crippen MR) is 72.3 cm³/mol. The number of hydrogen-bond acceptors (Lipinski definition) is 3. The van der Waals surface area contributed by atoms with E-state index in [1.54, 1.807) is 0 Å². The average Bonchev–Trinajstić information content (AvgIpc) is 3.25. The Morgan fingerprint density at radius 1 is 1.26 bits per heavy atom. The van der Waals surface area contributed by atoms with Crippen LogP contribution in [0, 0.1) is 22.7 Å². The van der Waals surface area contributed by atoms with Crippen LogP contribution in [0.25, 0.3) is 0 Å². The van der Waals surface area contributed by atoms with Gasteiger partial charge in [0, 0.05) is 13.2 Å². The maximum absolute atomic E-state index is 12.2. The summed E-state index contributed by atoms with van der Waals surface area (Å²) in [4.78, 5) is 12.2. The van der Waals surface area contributed by atoms with Crippen LogP contribution in [0.5, 0.6) is 0 Å². The molecular formula is C15H24N2O2. The molecule has 0 heterocycles. The Morgan fingerprint density at radius 2 is 1.95 bits per heavy atom. The van der Waals surface area contributed by atoms with Gasteiger partial charge in [-0.3, -0.25) is 4.79 Å². The first-order valence-electron chi connectivity index (χ1n) is 7.54. The summed E-state index contributed by atoms with van der Waals surface area (Å²) >= 11 is 0. The van der Waals surface area contributed by atoms with Gasteiger partial charge in [0.15, 0.2) is 0 Å². The minimum absolute atomic E-state index is 0.0908. The standard InChI is InChI=1S/C15H24N2O2/c16-12-15(7-3-1-2-4-8-15)14(18)17-9-10-19-11-13-5-6-13/h13H,1-11H2,(H,17,18). The van der Waals surface area contributed by atoms with Crippen LogP contribution < -0.4 is 5.32 Å². The van der Waals surface area contributed by atoms with E-state index in [1.807, 2.05) is 0 Å². The monoisotopic (exact) mass is 264 g/mol. The number of carbonyl (C=O) groups is 1. The maximum Gasteiger partial charge on any atom is 0.240 e. The molecule has 1 amide bonds. The van der Waals surface area contributed by atoms with Crippen LogP contribution >= 0.6 is 0 Å². The molecule has 19 heavy (non-hydrogen) atoms. The predicted octanol–water partition coefficient (Wildman–Crippen LogP) is 2.39. The molecule has 0 bridgehead atoms. The van der Waals surface area contributed by atoms with E-state index in [2.05, 4.69) is 11.4 Å². The van der Waals surface area contributed by atoms with Crippen molar-refractivity contribution in [3.8, 4) is 6.07 Å². The molecule has 2 saturated carbocycles. The molecule has 4 heteroatoms. The van der Waals surface area contributed by atoms with Gasteiger partial charge in [-0.05, 0) is 31.6 Å². The molecule has 0 aromatic rings. The Labute approximate surface area is 115 Å². The highest BCUT2D eigenvalue weighted by molar-refractivity contribution is 5.85. The number of amides is 1. The summed E-state index contributed by atoms with van der Waals surface area (Å²) in [6.07, 6.45) is 8.23. The number of nitriles is 1. The molecular weight excluding hydrogens is 240 g/mol. The van der Waals surface area contributed by atoms with Crippen LogP contribution in [0.1, 0.15) is 51.4 Å². The van der Waals surface area contributed by atoms with E-state index in [1.165, 1.54) is 12.8 Å². The van der Waals surface area contributed by atoms with Gasteiger partial charge in [-0.2, -0.15) is 5.26 Å². The van der Waals surface area contributed by atoms with Gasteiger partial charge in [0.25, 0.3) is 0 Å². The summed E-state index contributed by atoms with van der Waals surface area (Å²) in [5.41, 5.74) is -0.785. The number of hydrogen-bond donors (Lipinski definition) is 1. The van der Waals surface area contributed by atoms with Crippen LogP contribution in [-0.2, 0) is 9.53 Å². The maximum atomic E-state index is 12.2. The number of rotatable bonds is 6. The van der Waals surface area contributed by atoms with Gasteiger partial charge >= 0.3 is 0 Å². The van der Waals surface area contributed by atoms with Crippen LogP contribution in [0.3, 0.4) is 0 Å². The first-order chi connectivity index (χ1) is 9.27. The molecule has 0 unspecified atom stereocenters. The Kier molecular flexibility index (Phi) is 5.21. The van der Waals surface area contributed by atoms with Crippen molar-refractivity contribution in [2.45, 2.75) is 51.4 Å². The molecule has 0 saturated heterocycles. The largest absolute Gasteiger partial charge is 0.379 e. The van der Waals surface area contributed by atoms with Crippen molar-refractivity contribution in [2.75, 3.05) is 19.8 Å². The number of nitrogens with zero attached hydrogens (tertiary/aromatic N) is 1. The third kappa shape index (κ3) is 4.21. The fourth-order valence-electron chi connectivity index (χ4n) is 2.66. The molecule has 0 aliphatic heterocycles. The second kappa shape index (κ2) is 6.91. The summed E-state index contributed by atoms with van der Waals surface area (Å²) in [5.74, 6) is 0.662. The van der Waals surface area contributed by atoms with E-state index in [9.17, 15) is 10.1 Å². The molecule has 4 nitrogen and oxygen atoms in total. The smallest absolute Gasteiger partial charge is 0.240 e. The van der Waals surface area contributed by atoms with E-state index < -0.39 is 5.41 Å². The van der Waals surface area contributed by atoms with E-state index in [0.29, 0.717) is 26.0 Å². The van der Waals surface area contributed by atoms with E-state index in [4.69, 9.17) is 4.74 Å². The van der Waals surface area contributed by atoms with Crippen molar-refractivity contribution in [2.24, 2.45) is 11.3 Å². The third-order valence-electron chi connectivity index (χ3n) is 4.19. The molecule has 1 N–H and O–H groups in total. The molecule has 2 rings (SSSR count). The van der Waals surface area contributed by atoms with Crippen molar-refractivity contribution < 1.29 is 9.53 Å². The fraction of sp³-hybridized carbons (Fsp3) is 0.867. The molecule has 0 atom stereocenters. The fourth-order valence-corrected chi connectivity index (χ4v) is 2.66. The number of carbonyl (C=O) groups excluding carboxylic acids is 1. The normalized spacial score (nSPS) is 22.3. The summed E-state index contributed by atoms with van der Waals surface area (Å²) in [6.45, 7) is 1.90. The van der Waals surface area contributed by atoms with Crippen molar-refractivity contribution >= 4 is 5.91 Å². The van der Waals surface area contributed by atoms with Crippen LogP contribution in [0.15, 0.2) is 0 Å². The minimum Gasteiger partial charge on any atom is -0.379 e. The van der Waals surface area contributed by atoms with Crippen molar-refractivity contribution in [3.63, 3.8) is 0 Å². The molecule has 2 aliphatic rings. The highest BCUT2D eigenvalue weighted by Crippen LogP contribution is 2.34. The summed E-state index contributed by atoms with van der Waals surface area (Å²) in [5, 5.41) is 12.3. The Bertz CT molecular complexity index is 337. The lowest BCUT2D eigenvalue weighted by molar-refractivity contribution is -0.129. The quantitative estimate of drug-likeness (QED) is 0.592. The van der Waals surface area contributed by atoms with Gasteiger partial charge in [-0.15, -0.1) is 0 Å². The van der Waals surface area contributed by atoms with Crippen LogP contribution in [0.2, 0.25) is 0 Å². The summed E-state index contributed by atoms with van der Waals surface area (Å²) in [7, 11) is 0. The van der Waals surface area contributed by atoms with Gasteiger partial charge in [0.05, 0.1) is 12.7 Å². The summed E-state index contributed by atoms with van der Waals surface area (Å²) in [6, 6.07) is 2.27. The minimum atomic E-state index is -0.785. The zero-order valence-electron chi connectivity index (χ0n) is 11.6. The SMILES string of the molecule is N#CC1(C(=O)NCCOCC2CC2)CCCCCC1. The lowest BCUT2D eigenvalue weighted by Gasteiger charge is -2.23. The zero-order chi connectivity index (χ0) is 13.6. The summed E-state index contributed by atoms with van der Waals surface area (Å²) < 4.78 is 5.49. The average molecular weight is 264 g/mol. The second-order valence-electron chi connectivity index (χ2n) is 5.88. The number of nitrogens with one attached hydrogen (secondary N) is 1. The molecule has 0 radical (unpaired) electrons. The highest BCUT2D eigenvalue weighted by Gasteiger charge is 2.38. The first-order valence-corrected chi connectivity index (χ1v) is 7.54. The van der Waals surface area contributed by atoms with Crippen LogP contribution in [-0.4, -0.2) is 25.7 Å². The van der Waals surface area contributed by atoms with Gasteiger partial charge in [-0.1, -0.05) is 25.7 Å². The Hall–Kier alpha value is -1.08. The van der Waals surface area contributed by atoms with Crippen molar-refractivity contribution in [1.82, 2.24) is 5.32 Å². The van der Waals surface area contributed by atoms with Gasteiger partial charge < -0.3 is 10.1 Å². The van der Waals surface area contributed by atoms with E-state index >= 15 is 0 Å². The zero-order valence-corrected chi connectivity index (χ0v) is 11.6. The first kappa shape index (κ1) is 14.3. The lowest BCUT2D eigenvalue weighted by atomic mass is 9.81.